The highest BCUT2D eigenvalue weighted by atomic mass is 16.2. The van der Waals surface area contributed by atoms with E-state index in [-0.39, 0.29) is 5.91 Å². The van der Waals surface area contributed by atoms with E-state index in [1.165, 1.54) is 0 Å². The first-order chi connectivity index (χ1) is 10.1. The highest BCUT2D eigenvalue weighted by molar-refractivity contribution is 5.94. The molecule has 21 heavy (non-hydrogen) atoms. The number of primary amides is 1. The second kappa shape index (κ2) is 6.67. The lowest BCUT2D eigenvalue weighted by Crippen LogP contribution is -2.45. The van der Waals surface area contributed by atoms with E-state index < -0.39 is 11.9 Å². The molecule has 0 aliphatic heterocycles. The molecule has 2 aromatic carbocycles. The molecule has 0 aliphatic rings. The van der Waals surface area contributed by atoms with E-state index in [4.69, 9.17) is 5.73 Å². The van der Waals surface area contributed by atoms with Gasteiger partial charge in [-0.05, 0) is 24.6 Å². The summed E-state index contributed by atoms with van der Waals surface area (Å²) in [6.07, 6.45) is 0. The Labute approximate surface area is 123 Å². The molecular weight excluding hydrogens is 266 g/mol. The van der Waals surface area contributed by atoms with Crippen LogP contribution in [-0.2, 0) is 4.79 Å². The molecule has 0 radical (unpaired) electrons. The molecule has 1 unspecified atom stereocenters. The highest BCUT2D eigenvalue weighted by Gasteiger charge is 2.18. The third kappa shape index (κ3) is 3.90. The fourth-order valence-corrected chi connectivity index (χ4v) is 1.88. The summed E-state index contributed by atoms with van der Waals surface area (Å²) in [5, 5.41) is 0. The van der Waals surface area contributed by atoms with Crippen molar-refractivity contribution in [2.75, 3.05) is 0 Å². The Morgan fingerprint density at radius 1 is 1.00 bits per heavy atom. The van der Waals surface area contributed by atoms with Gasteiger partial charge in [-0.1, -0.05) is 48.0 Å². The molecule has 0 saturated heterocycles. The van der Waals surface area contributed by atoms with Crippen molar-refractivity contribution < 1.29 is 9.59 Å². The molecule has 2 amide bonds. The molecule has 5 heteroatoms. The first kappa shape index (κ1) is 14.7. The quantitative estimate of drug-likeness (QED) is 0.726. The van der Waals surface area contributed by atoms with Crippen molar-refractivity contribution in [2.45, 2.75) is 13.0 Å². The van der Waals surface area contributed by atoms with Crippen LogP contribution in [0.15, 0.2) is 54.6 Å². The van der Waals surface area contributed by atoms with E-state index in [1.807, 2.05) is 25.1 Å². The summed E-state index contributed by atoms with van der Waals surface area (Å²) in [6.45, 7) is 1.94. The maximum Gasteiger partial charge on any atom is 0.265 e. The summed E-state index contributed by atoms with van der Waals surface area (Å²) < 4.78 is 0. The Morgan fingerprint density at radius 2 is 1.62 bits per heavy atom. The lowest BCUT2D eigenvalue weighted by Gasteiger charge is -2.16. The van der Waals surface area contributed by atoms with Gasteiger partial charge in [0, 0.05) is 5.56 Å². The third-order valence-corrected chi connectivity index (χ3v) is 3.06. The zero-order valence-electron chi connectivity index (χ0n) is 11.7. The Bertz CT molecular complexity index is 624. The second-order valence-electron chi connectivity index (χ2n) is 4.71. The van der Waals surface area contributed by atoms with Crippen LogP contribution in [0.5, 0.6) is 0 Å². The maximum atomic E-state index is 12.0. The minimum absolute atomic E-state index is 0.322. The average Bonchev–Trinajstić information content (AvgIpc) is 2.48. The Hall–Kier alpha value is -2.66. The van der Waals surface area contributed by atoms with Gasteiger partial charge in [0.25, 0.3) is 5.91 Å². The van der Waals surface area contributed by atoms with Gasteiger partial charge in [-0.3, -0.25) is 15.0 Å². The number of hydrogen-bond acceptors (Lipinski definition) is 3. The van der Waals surface area contributed by atoms with Crippen molar-refractivity contribution in [2.24, 2.45) is 5.73 Å². The summed E-state index contributed by atoms with van der Waals surface area (Å²) in [4.78, 5) is 23.5. The Balaban J connectivity index is 2.04. The van der Waals surface area contributed by atoms with Gasteiger partial charge in [0.2, 0.25) is 5.91 Å². The van der Waals surface area contributed by atoms with Crippen molar-refractivity contribution in [1.29, 1.82) is 0 Å². The molecule has 0 aromatic heterocycles. The van der Waals surface area contributed by atoms with Crippen LogP contribution in [-0.4, -0.2) is 11.8 Å². The van der Waals surface area contributed by atoms with E-state index in [0.717, 1.165) is 5.56 Å². The third-order valence-electron chi connectivity index (χ3n) is 3.06. The molecule has 2 aromatic rings. The molecule has 5 nitrogen and oxygen atoms in total. The number of carbonyl (C=O) groups is 2. The van der Waals surface area contributed by atoms with Crippen LogP contribution in [0.25, 0.3) is 0 Å². The fraction of sp³-hybridized carbons (Fsp3) is 0.125. The van der Waals surface area contributed by atoms with Crippen LogP contribution in [0.3, 0.4) is 0 Å². The molecular formula is C16H17N3O2. The SMILES string of the molecule is Cc1ccc(C(=O)NNC(C(N)=O)c2ccccc2)cc1. The molecule has 0 saturated carbocycles. The fourth-order valence-electron chi connectivity index (χ4n) is 1.88. The number of rotatable bonds is 5. The summed E-state index contributed by atoms with van der Waals surface area (Å²) in [6, 6.07) is 15.3. The normalized spacial score (nSPS) is 11.7. The first-order valence-electron chi connectivity index (χ1n) is 6.54. The van der Waals surface area contributed by atoms with Crippen LogP contribution < -0.4 is 16.6 Å². The predicted molar refractivity (Wildman–Crippen MR) is 80.2 cm³/mol. The lowest BCUT2D eigenvalue weighted by atomic mass is 10.1. The van der Waals surface area contributed by atoms with Crippen molar-refractivity contribution in [3.63, 3.8) is 0 Å². The number of nitrogens with one attached hydrogen (secondary N) is 2. The Kier molecular flexibility index (Phi) is 4.68. The highest BCUT2D eigenvalue weighted by Crippen LogP contribution is 2.11. The van der Waals surface area contributed by atoms with Gasteiger partial charge in [0.1, 0.15) is 6.04 Å². The molecule has 0 spiro atoms. The first-order valence-corrected chi connectivity index (χ1v) is 6.54. The number of hydrogen-bond donors (Lipinski definition) is 3. The molecule has 0 aliphatic carbocycles. The van der Waals surface area contributed by atoms with Gasteiger partial charge >= 0.3 is 0 Å². The number of benzene rings is 2. The minimum Gasteiger partial charge on any atom is -0.368 e. The molecule has 2 rings (SSSR count). The molecule has 0 bridgehead atoms. The van der Waals surface area contributed by atoms with Crippen molar-refractivity contribution in [1.82, 2.24) is 10.9 Å². The van der Waals surface area contributed by atoms with E-state index in [2.05, 4.69) is 10.9 Å². The van der Waals surface area contributed by atoms with E-state index in [9.17, 15) is 9.59 Å². The largest absolute Gasteiger partial charge is 0.368 e. The van der Waals surface area contributed by atoms with Crippen molar-refractivity contribution >= 4 is 11.8 Å². The van der Waals surface area contributed by atoms with E-state index >= 15 is 0 Å². The minimum atomic E-state index is -0.777. The van der Waals surface area contributed by atoms with E-state index in [0.29, 0.717) is 11.1 Å². The van der Waals surface area contributed by atoms with Crippen LogP contribution in [0, 0.1) is 6.92 Å². The molecule has 0 heterocycles. The number of amides is 2. The topological polar surface area (TPSA) is 84.2 Å². The second-order valence-corrected chi connectivity index (χ2v) is 4.71. The van der Waals surface area contributed by atoms with Crippen molar-refractivity contribution in [3.05, 3.63) is 71.3 Å². The maximum absolute atomic E-state index is 12.0. The standard InChI is InChI=1S/C16H17N3O2/c1-11-7-9-13(10-8-11)16(21)19-18-14(15(17)20)12-5-3-2-4-6-12/h2-10,14,18H,1H3,(H2,17,20)(H,19,21). The smallest absolute Gasteiger partial charge is 0.265 e. The zero-order chi connectivity index (χ0) is 15.2. The van der Waals surface area contributed by atoms with E-state index in [1.54, 1.807) is 36.4 Å². The number of aryl methyl sites for hydroxylation is 1. The van der Waals surface area contributed by atoms with Crippen LogP contribution in [0.4, 0.5) is 0 Å². The van der Waals surface area contributed by atoms with Crippen LogP contribution in [0.2, 0.25) is 0 Å². The Morgan fingerprint density at radius 3 is 2.19 bits per heavy atom. The van der Waals surface area contributed by atoms with Crippen LogP contribution >= 0.6 is 0 Å². The van der Waals surface area contributed by atoms with Crippen LogP contribution in [0.1, 0.15) is 27.5 Å². The average molecular weight is 283 g/mol. The molecule has 108 valence electrons. The van der Waals surface area contributed by atoms with Gasteiger partial charge in [-0.25, -0.2) is 5.43 Å². The van der Waals surface area contributed by atoms with Gasteiger partial charge in [0.05, 0.1) is 0 Å². The zero-order valence-corrected chi connectivity index (χ0v) is 11.7. The van der Waals surface area contributed by atoms with Gasteiger partial charge in [-0.15, -0.1) is 0 Å². The van der Waals surface area contributed by atoms with Crippen molar-refractivity contribution in [3.8, 4) is 0 Å². The molecule has 0 fully saturated rings. The summed E-state index contributed by atoms with van der Waals surface area (Å²) in [5.41, 5.74) is 12.8. The van der Waals surface area contributed by atoms with Gasteiger partial charge < -0.3 is 5.73 Å². The van der Waals surface area contributed by atoms with Gasteiger partial charge in [-0.2, -0.15) is 0 Å². The number of nitrogens with two attached hydrogens (primary N) is 1. The molecule has 1 atom stereocenters. The monoisotopic (exact) mass is 283 g/mol. The lowest BCUT2D eigenvalue weighted by molar-refractivity contribution is -0.120. The summed E-state index contributed by atoms with van der Waals surface area (Å²) in [5.74, 6) is -0.886. The van der Waals surface area contributed by atoms with Gasteiger partial charge in [0.15, 0.2) is 0 Å². The predicted octanol–water partition coefficient (Wildman–Crippen LogP) is 1.46. The molecule has 4 N–H and O–H groups in total. The number of carbonyl (C=O) groups excluding carboxylic acids is 2. The number of hydrazine groups is 1. The summed E-state index contributed by atoms with van der Waals surface area (Å²) >= 11 is 0. The summed E-state index contributed by atoms with van der Waals surface area (Å²) in [7, 11) is 0.